The van der Waals surface area contributed by atoms with Gasteiger partial charge in [0.1, 0.15) is 5.76 Å². The van der Waals surface area contributed by atoms with Crippen molar-refractivity contribution in [3.05, 3.63) is 17.5 Å². The van der Waals surface area contributed by atoms with Crippen LogP contribution in [-0.4, -0.2) is 33.8 Å². The molecule has 0 amide bonds. The van der Waals surface area contributed by atoms with Gasteiger partial charge in [-0.2, -0.15) is 0 Å². The van der Waals surface area contributed by atoms with E-state index in [0.717, 1.165) is 60.1 Å². The van der Waals surface area contributed by atoms with Crippen LogP contribution in [0, 0.1) is 46.8 Å². The topological polar surface area (TPSA) is 90.3 Å². The minimum Gasteiger partial charge on any atom is -0.396 e. The van der Waals surface area contributed by atoms with E-state index in [1.165, 1.54) is 38.5 Å². The molecule has 0 aliphatic heterocycles. The molecule has 168 valence electrons. The van der Waals surface area contributed by atoms with Gasteiger partial charge in [-0.15, -0.1) is 0 Å². The Balaban J connectivity index is 0.000000204. The largest absolute Gasteiger partial charge is 0.396 e. The van der Waals surface area contributed by atoms with Gasteiger partial charge in [0.05, 0.1) is 11.8 Å². The molecule has 0 bridgehead atoms. The molecule has 7 atom stereocenters. The summed E-state index contributed by atoms with van der Waals surface area (Å²) in [6, 6.07) is 1.82. The number of hydrogen-bond acceptors (Lipinski definition) is 5. The summed E-state index contributed by atoms with van der Waals surface area (Å²) < 4.78 is 4.76. The van der Waals surface area contributed by atoms with Crippen LogP contribution in [0.4, 0.5) is 0 Å². The van der Waals surface area contributed by atoms with Gasteiger partial charge in [-0.05, 0) is 99.2 Å². The standard InChI is InChI=1S/C19H31NO.C6H9NO2/c1-18-9-7-13(20)11-12(18)3-4-14-15-5-6-17(21)19(15,2)10-8-16(14)18;1-5-4-6(2-3-8)7-9-5/h12,14-17,20-21H,3-11H2,1-2H3;4,8H,2-3H2,1H3/t12?,14?,15?,16?,17-,18-,19-;/m0./s1. The van der Waals surface area contributed by atoms with Crippen molar-refractivity contribution in [3.63, 3.8) is 0 Å². The average molecular weight is 417 g/mol. The van der Waals surface area contributed by atoms with Crippen molar-refractivity contribution in [2.24, 2.45) is 34.5 Å². The second kappa shape index (κ2) is 8.38. The van der Waals surface area contributed by atoms with Crippen LogP contribution >= 0.6 is 0 Å². The summed E-state index contributed by atoms with van der Waals surface area (Å²) in [4.78, 5) is 0. The lowest BCUT2D eigenvalue weighted by Gasteiger charge is -2.60. The molecule has 5 rings (SSSR count). The van der Waals surface area contributed by atoms with Gasteiger partial charge in [-0.3, -0.25) is 0 Å². The smallest absolute Gasteiger partial charge is 0.133 e. The monoisotopic (exact) mass is 416 g/mol. The van der Waals surface area contributed by atoms with Crippen molar-refractivity contribution >= 4 is 5.71 Å². The minimum atomic E-state index is -0.0477. The summed E-state index contributed by atoms with van der Waals surface area (Å²) in [6.45, 7) is 6.88. The number of aryl methyl sites for hydroxylation is 1. The third kappa shape index (κ3) is 3.77. The van der Waals surface area contributed by atoms with Crippen LogP contribution in [0.3, 0.4) is 0 Å². The Labute approximate surface area is 181 Å². The maximum atomic E-state index is 10.5. The molecule has 0 aromatic carbocycles. The minimum absolute atomic E-state index is 0.0477. The first kappa shape index (κ1) is 22.0. The zero-order chi connectivity index (χ0) is 21.5. The highest BCUT2D eigenvalue weighted by atomic mass is 16.5. The number of hydrogen-bond donors (Lipinski definition) is 3. The highest BCUT2D eigenvalue weighted by Gasteiger charge is 2.59. The second-order valence-electron chi connectivity index (χ2n) is 11.0. The Morgan fingerprint density at radius 3 is 2.57 bits per heavy atom. The summed E-state index contributed by atoms with van der Waals surface area (Å²) in [6.07, 6.45) is 11.5. The van der Waals surface area contributed by atoms with Gasteiger partial charge in [-0.25, -0.2) is 0 Å². The lowest BCUT2D eigenvalue weighted by molar-refractivity contribution is -0.112. The molecule has 4 aliphatic rings. The lowest BCUT2D eigenvalue weighted by atomic mass is 9.45. The van der Waals surface area contributed by atoms with E-state index in [0.29, 0.717) is 11.8 Å². The Morgan fingerprint density at radius 2 is 1.87 bits per heavy atom. The van der Waals surface area contributed by atoms with E-state index < -0.39 is 0 Å². The molecule has 4 aliphatic carbocycles. The molecule has 5 nitrogen and oxygen atoms in total. The Kier molecular flexibility index (Phi) is 6.15. The van der Waals surface area contributed by atoms with Gasteiger partial charge >= 0.3 is 0 Å². The zero-order valence-corrected chi connectivity index (χ0v) is 19.0. The van der Waals surface area contributed by atoms with E-state index in [4.69, 9.17) is 15.0 Å². The van der Waals surface area contributed by atoms with E-state index in [9.17, 15) is 5.11 Å². The van der Waals surface area contributed by atoms with E-state index in [1.807, 2.05) is 13.0 Å². The molecule has 4 saturated carbocycles. The first-order valence-electron chi connectivity index (χ1n) is 12.1. The second-order valence-corrected chi connectivity index (χ2v) is 11.0. The van der Waals surface area contributed by atoms with Gasteiger partial charge in [0.2, 0.25) is 0 Å². The summed E-state index contributed by atoms with van der Waals surface area (Å²) in [5.74, 6) is 4.06. The summed E-state index contributed by atoms with van der Waals surface area (Å²) in [7, 11) is 0. The van der Waals surface area contributed by atoms with Gasteiger partial charge in [-0.1, -0.05) is 19.0 Å². The Morgan fingerprint density at radius 1 is 1.10 bits per heavy atom. The third-order valence-electron chi connectivity index (χ3n) is 9.52. The molecule has 1 aromatic rings. The number of fused-ring (bicyclic) bond motifs is 5. The average Bonchev–Trinajstić information content (AvgIpc) is 3.26. The highest BCUT2D eigenvalue weighted by molar-refractivity contribution is 5.82. The van der Waals surface area contributed by atoms with Crippen LogP contribution in [0.25, 0.3) is 0 Å². The number of rotatable bonds is 2. The number of aliphatic hydroxyl groups is 2. The van der Waals surface area contributed by atoms with Gasteiger partial charge in [0.15, 0.2) is 0 Å². The van der Waals surface area contributed by atoms with E-state index in [2.05, 4.69) is 19.0 Å². The summed E-state index contributed by atoms with van der Waals surface area (Å²) in [5, 5.41) is 30.7. The molecule has 1 heterocycles. The van der Waals surface area contributed by atoms with Crippen molar-refractivity contribution in [2.45, 2.75) is 91.1 Å². The SMILES string of the molecule is C[C@]12CCC(=N)CC1CCC1C2CC[C@@]2(C)C1CC[C@@H]2O.Cc1cc(CCO)no1. The predicted octanol–water partition coefficient (Wildman–Crippen LogP) is 4.93. The molecule has 4 unspecified atom stereocenters. The summed E-state index contributed by atoms with van der Waals surface area (Å²) in [5.41, 5.74) is 2.52. The quantitative estimate of drug-likeness (QED) is 0.638. The first-order valence-corrected chi connectivity index (χ1v) is 12.1. The Hall–Kier alpha value is -1.20. The molecular weight excluding hydrogens is 376 g/mol. The maximum absolute atomic E-state index is 10.5. The van der Waals surface area contributed by atoms with Crippen molar-refractivity contribution in [1.29, 1.82) is 5.41 Å². The molecule has 1 aromatic heterocycles. The molecular formula is C25H40N2O3. The number of nitrogens with zero attached hydrogens (tertiary/aromatic N) is 1. The van der Waals surface area contributed by atoms with Crippen molar-refractivity contribution in [1.82, 2.24) is 5.16 Å². The number of nitrogens with one attached hydrogen (secondary N) is 1. The normalized spacial score (nSPS) is 42.6. The predicted molar refractivity (Wildman–Crippen MR) is 117 cm³/mol. The van der Waals surface area contributed by atoms with E-state index in [-0.39, 0.29) is 18.1 Å². The summed E-state index contributed by atoms with van der Waals surface area (Å²) >= 11 is 0. The fourth-order valence-electron chi connectivity index (χ4n) is 7.70. The maximum Gasteiger partial charge on any atom is 0.133 e. The van der Waals surface area contributed by atoms with Crippen LogP contribution < -0.4 is 0 Å². The van der Waals surface area contributed by atoms with Crippen LogP contribution in [0.1, 0.15) is 83.1 Å². The van der Waals surface area contributed by atoms with Crippen molar-refractivity contribution < 1.29 is 14.7 Å². The molecule has 0 saturated heterocycles. The van der Waals surface area contributed by atoms with Crippen molar-refractivity contribution in [3.8, 4) is 0 Å². The third-order valence-corrected chi connectivity index (χ3v) is 9.52. The number of aromatic nitrogens is 1. The van der Waals surface area contributed by atoms with Crippen LogP contribution in [0.2, 0.25) is 0 Å². The van der Waals surface area contributed by atoms with E-state index >= 15 is 0 Å². The lowest BCUT2D eigenvalue weighted by Crippen LogP contribution is -2.54. The first-order chi connectivity index (χ1) is 14.3. The fourth-order valence-corrected chi connectivity index (χ4v) is 7.70. The Bertz CT molecular complexity index is 761. The molecule has 30 heavy (non-hydrogen) atoms. The molecule has 4 fully saturated rings. The van der Waals surface area contributed by atoms with Crippen molar-refractivity contribution in [2.75, 3.05) is 6.61 Å². The molecule has 5 heteroatoms. The van der Waals surface area contributed by atoms with Crippen LogP contribution in [-0.2, 0) is 6.42 Å². The van der Waals surface area contributed by atoms with Gasteiger partial charge in [0, 0.05) is 24.8 Å². The van der Waals surface area contributed by atoms with Crippen LogP contribution in [0.5, 0.6) is 0 Å². The molecule has 0 spiro atoms. The van der Waals surface area contributed by atoms with E-state index in [1.54, 1.807) is 0 Å². The molecule has 3 N–H and O–H groups in total. The molecule has 0 radical (unpaired) electrons. The van der Waals surface area contributed by atoms with Gasteiger partial charge < -0.3 is 20.1 Å². The van der Waals surface area contributed by atoms with Gasteiger partial charge in [0.25, 0.3) is 0 Å². The number of aliphatic hydroxyl groups excluding tert-OH is 2. The van der Waals surface area contributed by atoms with Crippen LogP contribution in [0.15, 0.2) is 10.6 Å². The fraction of sp³-hybridized carbons (Fsp3) is 0.840. The highest BCUT2D eigenvalue weighted by Crippen LogP contribution is 2.65. The zero-order valence-electron chi connectivity index (χ0n) is 19.0.